The highest BCUT2D eigenvalue weighted by Gasteiger charge is 2.46. The standard InChI is InChI=1S/C15H23N3O/c1-12-16-9-6-13(17-12)18-10-14(2,3)19-15(11-18)7-4-5-8-15/h6,9H,4-5,7-8,10-11H2,1-3H3. The highest BCUT2D eigenvalue weighted by Crippen LogP contribution is 2.41. The average molecular weight is 261 g/mol. The summed E-state index contributed by atoms with van der Waals surface area (Å²) in [7, 11) is 0. The molecule has 2 aliphatic rings. The van der Waals surface area contributed by atoms with Crippen molar-refractivity contribution in [2.45, 2.75) is 57.7 Å². The van der Waals surface area contributed by atoms with Crippen LogP contribution in [0, 0.1) is 6.92 Å². The van der Waals surface area contributed by atoms with Gasteiger partial charge in [-0.3, -0.25) is 0 Å². The van der Waals surface area contributed by atoms with Crippen molar-refractivity contribution in [3.63, 3.8) is 0 Å². The lowest BCUT2D eigenvalue weighted by Crippen LogP contribution is -2.59. The second-order valence-corrected chi connectivity index (χ2v) is 6.57. The summed E-state index contributed by atoms with van der Waals surface area (Å²) < 4.78 is 6.42. The molecule has 4 nitrogen and oxygen atoms in total. The molecule has 0 atom stereocenters. The summed E-state index contributed by atoms with van der Waals surface area (Å²) in [5.74, 6) is 1.87. The molecule has 1 aliphatic carbocycles. The molecule has 4 heteroatoms. The molecule has 1 aromatic heterocycles. The first-order valence-corrected chi connectivity index (χ1v) is 7.23. The van der Waals surface area contributed by atoms with E-state index in [9.17, 15) is 0 Å². The maximum Gasteiger partial charge on any atom is 0.132 e. The third-order valence-electron chi connectivity index (χ3n) is 4.14. The van der Waals surface area contributed by atoms with Crippen LogP contribution in [0.25, 0.3) is 0 Å². The highest BCUT2D eigenvalue weighted by atomic mass is 16.5. The predicted molar refractivity (Wildman–Crippen MR) is 75.3 cm³/mol. The van der Waals surface area contributed by atoms with Crippen LogP contribution in [0.1, 0.15) is 45.4 Å². The van der Waals surface area contributed by atoms with Crippen molar-refractivity contribution >= 4 is 5.82 Å². The van der Waals surface area contributed by atoms with Crippen LogP contribution in [-0.2, 0) is 4.74 Å². The minimum Gasteiger partial charge on any atom is -0.365 e. The zero-order valence-corrected chi connectivity index (χ0v) is 12.1. The van der Waals surface area contributed by atoms with Gasteiger partial charge in [0.2, 0.25) is 0 Å². The summed E-state index contributed by atoms with van der Waals surface area (Å²) in [6, 6.07) is 2.01. The zero-order valence-electron chi connectivity index (χ0n) is 12.1. The molecule has 0 amide bonds. The van der Waals surface area contributed by atoms with E-state index < -0.39 is 0 Å². The van der Waals surface area contributed by atoms with Gasteiger partial charge in [0.15, 0.2) is 0 Å². The van der Waals surface area contributed by atoms with Gasteiger partial charge in [-0.1, -0.05) is 12.8 Å². The first kappa shape index (κ1) is 12.9. The van der Waals surface area contributed by atoms with Gasteiger partial charge in [0, 0.05) is 19.3 Å². The molecule has 1 saturated carbocycles. The molecule has 1 aromatic rings. The highest BCUT2D eigenvalue weighted by molar-refractivity contribution is 5.39. The Morgan fingerprint density at radius 2 is 1.95 bits per heavy atom. The van der Waals surface area contributed by atoms with E-state index >= 15 is 0 Å². The number of nitrogens with zero attached hydrogens (tertiary/aromatic N) is 3. The van der Waals surface area contributed by atoms with E-state index in [0.717, 1.165) is 24.7 Å². The molecule has 0 unspecified atom stereocenters. The Balaban J connectivity index is 1.89. The summed E-state index contributed by atoms with van der Waals surface area (Å²) in [5, 5.41) is 0. The molecule has 0 bridgehead atoms. The molecule has 19 heavy (non-hydrogen) atoms. The number of aromatic nitrogens is 2. The van der Waals surface area contributed by atoms with Gasteiger partial charge in [-0.25, -0.2) is 9.97 Å². The number of morpholine rings is 1. The van der Waals surface area contributed by atoms with Gasteiger partial charge in [0.1, 0.15) is 11.6 Å². The summed E-state index contributed by atoms with van der Waals surface area (Å²) >= 11 is 0. The molecule has 1 aliphatic heterocycles. The van der Waals surface area contributed by atoms with Crippen molar-refractivity contribution in [3.05, 3.63) is 18.1 Å². The van der Waals surface area contributed by atoms with Crippen molar-refractivity contribution in [3.8, 4) is 0 Å². The fraction of sp³-hybridized carbons (Fsp3) is 0.733. The Morgan fingerprint density at radius 1 is 1.21 bits per heavy atom. The topological polar surface area (TPSA) is 38.2 Å². The van der Waals surface area contributed by atoms with Crippen molar-refractivity contribution in [2.24, 2.45) is 0 Å². The molecule has 1 spiro atoms. The quantitative estimate of drug-likeness (QED) is 0.779. The number of ether oxygens (including phenoxy) is 1. The van der Waals surface area contributed by atoms with Crippen molar-refractivity contribution in [1.82, 2.24) is 9.97 Å². The summed E-state index contributed by atoms with van der Waals surface area (Å²) in [6.45, 7) is 8.18. The van der Waals surface area contributed by atoms with Crippen molar-refractivity contribution in [1.29, 1.82) is 0 Å². The van der Waals surface area contributed by atoms with Crippen LogP contribution in [0.5, 0.6) is 0 Å². The van der Waals surface area contributed by atoms with E-state index in [1.54, 1.807) is 0 Å². The monoisotopic (exact) mass is 261 g/mol. The SMILES string of the molecule is Cc1nccc(N2CC(C)(C)OC3(CCCC3)C2)n1. The average Bonchev–Trinajstić information content (AvgIpc) is 2.74. The minimum atomic E-state index is -0.110. The first-order valence-electron chi connectivity index (χ1n) is 7.23. The molecule has 2 heterocycles. The van der Waals surface area contributed by atoms with Crippen LogP contribution in [0.4, 0.5) is 5.82 Å². The first-order chi connectivity index (χ1) is 8.98. The van der Waals surface area contributed by atoms with E-state index in [1.165, 1.54) is 25.7 Å². The van der Waals surface area contributed by atoms with Crippen molar-refractivity contribution in [2.75, 3.05) is 18.0 Å². The third kappa shape index (κ3) is 2.59. The fourth-order valence-electron chi connectivity index (χ4n) is 3.58. The van der Waals surface area contributed by atoms with Crippen LogP contribution in [0.15, 0.2) is 12.3 Å². The Labute approximate surface area is 115 Å². The van der Waals surface area contributed by atoms with Gasteiger partial charge >= 0.3 is 0 Å². The van der Waals surface area contributed by atoms with Crippen molar-refractivity contribution < 1.29 is 4.74 Å². The fourth-order valence-corrected chi connectivity index (χ4v) is 3.58. The van der Waals surface area contributed by atoms with Crippen LogP contribution in [-0.4, -0.2) is 34.3 Å². The minimum absolute atomic E-state index is 0.0423. The second-order valence-electron chi connectivity index (χ2n) is 6.57. The maximum absolute atomic E-state index is 6.42. The van der Waals surface area contributed by atoms with E-state index in [1.807, 2.05) is 19.2 Å². The molecular formula is C15H23N3O. The number of rotatable bonds is 1. The van der Waals surface area contributed by atoms with Gasteiger partial charge in [0.05, 0.1) is 11.2 Å². The number of hydrogen-bond donors (Lipinski definition) is 0. The number of aryl methyl sites for hydroxylation is 1. The Morgan fingerprint density at radius 3 is 2.63 bits per heavy atom. The summed E-state index contributed by atoms with van der Waals surface area (Å²) in [6.07, 6.45) is 6.77. The molecule has 0 aromatic carbocycles. The van der Waals surface area contributed by atoms with E-state index in [4.69, 9.17) is 4.74 Å². The lowest BCUT2D eigenvalue weighted by Gasteiger charge is -2.49. The molecule has 2 fully saturated rings. The van der Waals surface area contributed by atoms with Crippen LogP contribution in [0.3, 0.4) is 0 Å². The van der Waals surface area contributed by atoms with E-state index in [2.05, 4.69) is 28.7 Å². The van der Waals surface area contributed by atoms with Gasteiger partial charge in [-0.05, 0) is 39.7 Å². The molecule has 1 saturated heterocycles. The maximum atomic E-state index is 6.42. The Kier molecular flexibility index (Phi) is 3.01. The van der Waals surface area contributed by atoms with Crippen LogP contribution in [0.2, 0.25) is 0 Å². The normalized spacial score (nSPS) is 24.9. The molecular weight excluding hydrogens is 238 g/mol. The van der Waals surface area contributed by atoms with Crippen LogP contribution >= 0.6 is 0 Å². The lowest BCUT2D eigenvalue weighted by atomic mass is 9.94. The number of hydrogen-bond acceptors (Lipinski definition) is 4. The molecule has 104 valence electrons. The molecule has 0 radical (unpaired) electrons. The zero-order chi connectivity index (χ0) is 13.5. The third-order valence-corrected chi connectivity index (χ3v) is 4.14. The van der Waals surface area contributed by atoms with Gasteiger partial charge in [-0.2, -0.15) is 0 Å². The second kappa shape index (κ2) is 4.44. The van der Waals surface area contributed by atoms with Gasteiger partial charge < -0.3 is 9.64 Å². The number of anilines is 1. The lowest BCUT2D eigenvalue weighted by molar-refractivity contribution is -0.148. The molecule has 0 N–H and O–H groups in total. The van der Waals surface area contributed by atoms with Gasteiger partial charge in [-0.15, -0.1) is 0 Å². The van der Waals surface area contributed by atoms with Gasteiger partial charge in [0.25, 0.3) is 0 Å². The Hall–Kier alpha value is -1.16. The van der Waals surface area contributed by atoms with E-state index in [-0.39, 0.29) is 11.2 Å². The summed E-state index contributed by atoms with van der Waals surface area (Å²) in [5.41, 5.74) is -0.0674. The molecule has 3 rings (SSSR count). The largest absolute Gasteiger partial charge is 0.365 e. The predicted octanol–water partition coefficient (Wildman–Crippen LogP) is 2.71. The Bertz CT molecular complexity index is 466. The van der Waals surface area contributed by atoms with E-state index in [0.29, 0.717) is 0 Å². The van der Waals surface area contributed by atoms with Crippen LogP contribution < -0.4 is 4.90 Å². The summed E-state index contributed by atoms with van der Waals surface area (Å²) in [4.78, 5) is 11.1. The smallest absolute Gasteiger partial charge is 0.132 e.